The molecule has 0 aliphatic carbocycles. The van der Waals surface area contributed by atoms with Gasteiger partial charge in [-0.25, -0.2) is 9.59 Å². The highest BCUT2D eigenvalue weighted by Crippen LogP contribution is 2.14. The first-order valence-corrected chi connectivity index (χ1v) is 6.66. The van der Waals surface area contributed by atoms with Gasteiger partial charge in [0, 0.05) is 29.9 Å². The Morgan fingerprint density at radius 1 is 1.47 bits per heavy atom. The van der Waals surface area contributed by atoms with E-state index in [1.165, 1.54) is 12.0 Å². The number of amides is 2. The summed E-state index contributed by atoms with van der Waals surface area (Å²) in [6.45, 7) is 2.65. The fourth-order valence-electron chi connectivity index (χ4n) is 1.45. The van der Waals surface area contributed by atoms with Crippen LogP contribution in [0.3, 0.4) is 0 Å². The molecule has 7 heteroatoms. The largest absolute Gasteiger partial charge is 0.480 e. The van der Waals surface area contributed by atoms with Crippen molar-refractivity contribution in [3.05, 3.63) is 21.9 Å². The van der Waals surface area contributed by atoms with Crippen LogP contribution in [0, 0.1) is 6.92 Å². The van der Waals surface area contributed by atoms with Gasteiger partial charge in [0.1, 0.15) is 6.04 Å². The molecule has 0 aromatic carbocycles. The van der Waals surface area contributed by atoms with E-state index < -0.39 is 18.0 Å². The van der Waals surface area contributed by atoms with E-state index in [0.717, 1.165) is 4.88 Å². The normalized spacial score (nSPS) is 11.9. The van der Waals surface area contributed by atoms with Gasteiger partial charge in [-0.15, -0.1) is 11.3 Å². The summed E-state index contributed by atoms with van der Waals surface area (Å²) in [5.74, 6) is -1.07. The predicted octanol–water partition coefficient (Wildman–Crippen LogP) is 1.35. The lowest BCUT2D eigenvalue weighted by Crippen LogP contribution is -2.46. The SMILES string of the molecule is COCCC(NC(=O)NCc1ccc(C)s1)C(=O)O. The number of carbonyl (C=O) groups is 2. The summed E-state index contributed by atoms with van der Waals surface area (Å²) in [4.78, 5) is 24.7. The van der Waals surface area contributed by atoms with E-state index in [9.17, 15) is 9.59 Å². The second-order valence-electron chi connectivity index (χ2n) is 4.01. The molecule has 0 radical (unpaired) electrons. The number of hydrogen-bond acceptors (Lipinski definition) is 4. The quantitative estimate of drug-likeness (QED) is 0.706. The first-order valence-electron chi connectivity index (χ1n) is 5.84. The van der Waals surface area contributed by atoms with Crippen molar-refractivity contribution < 1.29 is 19.4 Å². The van der Waals surface area contributed by atoms with Crippen molar-refractivity contribution in [1.82, 2.24) is 10.6 Å². The molecular weight excluding hydrogens is 268 g/mol. The monoisotopic (exact) mass is 286 g/mol. The summed E-state index contributed by atoms with van der Waals surface area (Å²) >= 11 is 1.59. The maximum atomic E-state index is 11.6. The zero-order chi connectivity index (χ0) is 14.3. The minimum Gasteiger partial charge on any atom is -0.480 e. The molecule has 0 saturated carbocycles. The number of carbonyl (C=O) groups excluding carboxylic acids is 1. The van der Waals surface area contributed by atoms with Gasteiger partial charge in [-0.2, -0.15) is 0 Å². The molecule has 0 saturated heterocycles. The third-order valence-corrected chi connectivity index (χ3v) is 3.43. The van der Waals surface area contributed by atoms with Gasteiger partial charge in [0.25, 0.3) is 0 Å². The van der Waals surface area contributed by atoms with Crippen molar-refractivity contribution in [2.24, 2.45) is 0 Å². The molecule has 106 valence electrons. The van der Waals surface area contributed by atoms with E-state index in [4.69, 9.17) is 9.84 Å². The third-order valence-electron chi connectivity index (χ3n) is 2.43. The van der Waals surface area contributed by atoms with Gasteiger partial charge >= 0.3 is 12.0 Å². The van der Waals surface area contributed by atoms with Gasteiger partial charge < -0.3 is 20.5 Å². The van der Waals surface area contributed by atoms with Crippen LogP contribution in [-0.4, -0.2) is 36.9 Å². The summed E-state index contributed by atoms with van der Waals surface area (Å²) in [6, 6.07) is 2.47. The molecule has 1 aromatic heterocycles. The Morgan fingerprint density at radius 2 is 2.21 bits per heavy atom. The summed E-state index contributed by atoms with van der Waals surface area (Å²) in [7, 11) is 1.48. The Hall–Kier alpha value is -1.60. The minimum absolute atomic E-state index is 0.233. The van der Waals surface area contributed by atoms with E-state index in [0.29, 0.717) is 6.54 Å². The van der Waals surface area contributed by atoms with Crippen molar-refractivity contribution in [3.8, 4) is 0 Å². The van der Waals surface area contributed by atoms with Crippen LogP contribution in [0.5, 0.6) is 0 Å². The topological polar surface area (TPSA) is 87.7 Å². The molecule has 0 fully saturated rings. The van der Waals surface area contributed by atoms with Gasteiger partial charge in [-0.1, -0.05) is 0 Å². The number of rotatable bonds is 7. The maximum absolute atomic E-state index is 11.6. The molecular formula is C12H18N2O4S. The number of carboxylic acids is 1. The molecule has 6 nitrogen and oxygen atoms in total. The van der Waals surface area contributed by atoms with Crippen LogP contribution < -0.4 is 10.6 Å². The average molecular weight is 286 g/mol. The molecule has 1 atom stereocenters. The third kappa shape index (κ3) is 5.71. The summed E-state index contributed by atoms with van der Waals surface area (Å²) in [5, 5.41) is 14.0. The van der Waals surface area contributed by atoms with Crippen molar-refractivity contribution >= 4 is 23.3 Å². The minimum atomic E-state index is -1.07. The molecule has 3 N–H and O–H groups in total. The number of urea groups is 1. The number of carboxylic acid groups (broad SMARTS) is 1. The number of methoxy groups -OCH3 is 1. The molecule has 1 unspecified atom stereocenters. The molecule has 1 aromatic rings. The lowest BCUT2D eigenvalue weighted by atomic mass is 10.2. The lowest BCUT2D eigenvalue weighted by Gasteiger charge is -2.14. The highest BCUT2D eigenvalue weighted by molar-refractivity contribution is 7.11. The standard InChI is InChI=1S/C12H18N2O4S/c1-8-3-4-9(19-8)7-13-12(17)14-10(11(15)16)5-6-18-2/h3-4,10H,5-7H2,1-2H3,(H,15,16)(H2,13,14,17). The number of aliphatic carboxylic acids is 1. The first kappa shape index (κ1) is 15.5. The Labute approximate surface area is 115 Å². The zero-order valence-corrected chi connectivity index (χ0v) is 11.8. The van der Waals surface area contributed by atoms with Gasteiger partial charge in [0.05, 0.1) is 6.54 Å². The fraction of sp³-hybridized carbons (Fsp3) is 0.500. The second kappa shape index (κ2) is 7.75. The van der Waals surface area contributed by atoms with Crippen LogP contribution in [-0.2, 0) is 16.1 Å². The van der Waals surface area contributed by atoms with Crippen LogP contribution in [0.25, 0.3) is 0 Å². The van der Waals surface area contributed by atoms with E-state index in [-0.39, 0.29) is 13.0 Å². The Balaban J connectivity index is 2.37. The molecule has 1 rings (SSSR count). The summed E-state index contributed by atoms with van der Waals surface area (Å²) < 4.78 is 4.80. The number of ether oxygens (including phenoxy) is 1. The molecule has 0 aliphatic heterocycles. The Bertz CT molecular complexity index is 433. The van der Waals surface area contributed by atoms with Gasteiger partial charge in [0.15, 0.2) is 0 Å². The van der Waals surface area contributed by atoms with Crippen molar-refractivity contribution in [1.29, 1.82) is 0 Å². The molecule has 0 spiro atoms. The predicted molar refractivity (Wildman–Crippen MR) is 72.3 cm³/mol. The van der Waals surface area contributed by atoms with Crippen molar-refractivity contribution in [2.45, 2.75) is 25.9 Å². The smallest absolute Gasteiger partial charge is 0.326 e. The maximum Gasteiger partial charge on any atom is 0.326 e. The molecule has 19 heavy (non-hydrogen) atoms. The van der Waals surface area contributed by atoms with E-state index >= 15 is 0 Å². The highest BCUT2D eigenvalue weighted by Gasteiger charge is 2.19. The first-order chi connectivity index (χ1) is 9.02. The zero-order valence-electron chi connectivity index (χ0n) is 10.9. The van der Waals surface area contributed by atoms with Crippen LogP contribution in [0.1, 0.15) is 16.2 Å². The van der Waals surface area contributed by atoms with Gasteiger partial charge in [0.2, 0.25) is 0 Å². The number of nitrogens with one attached hydrogen (secondary N) is 2. The van der Waals surface area contributed by atoms with Crippen LogP contribution in [0.15, 0.2) is 12.1 Å². The molecule has 1 heterocycles. The fourth-order valence-corrected chi connectivity index (χ4v) is 2.28. The Kier molecular flexibility index (Phi) is 6.31. The van der Waals surface area contributed by atoms with Gasteiger partial charge in [-0.3, -0.25) is 0 Å². The number of thiophene rings is 1. The Morgan fingerprint density at radius 3 is 2.74 bits per heavy atom. The molecule has 0 bridgehead atoms. The van der Waals surface area contributed by atoms with E-state index in [2.05, 4.69) is 10.6 Å². The molecule has 0 aliphatic rings. The summed E-state index contributed by atoms with van der Waals surface area (Å²) in [6.07, 6.45) is 0.233. The highest BCUT2D eigenvalue weighted by atomic mass is 32.1. The van der Waals surface area contributed by atoms with Gasteiger partial charge in [-0.05, 0) is 19.1 Å². The average Bonchev–Trinajstić information content (AvgIpc) is 2.77. The van der Waals surface area contributed by atoms with Crippen molar-refractivity contribution in [2.75, 3.05) is 13.7 Å². The summed E-state index contributed by atoms with van der Waals surface area (Å²) in [5.41, 5.74) is 0. The van der Waals surface area contributed by atoms with E-state index in [1.807, 2.05) is 19.1 Å². The van der Waals surface area contributed by atoms with Crippen molar-refractivity contribution in [3.63, 3.8) is 0 Å². The van der Waals surface area contributed by atoms with E-state index in [1.54, 1.807) is 11.3 Å². The van der Waals surface area contributed by atoms with Crippen LogP contribution >= 0.6 is 11.3 Å². The van der Waals surface area contributed by atoms with Crippen LogP contribution in [0.4, 0.5) is 4.79 Å². The van der Waals surface area contributed by atoms with Crippen LogP contribution in [0.2, 0.25) is 0 Å². The number of aryl methyl sites for hydroxylation is 1. The second-order valence-corrected chi connectivity index (χ2v) is 5.38. The lowest BCUT2D eigenvalue weighted by molar-refractivity contribution is -0.139. The molecule has 2 amide bonds. The number of hydrogen-bond donors (Lipinski definition) is 3.